The molecule has 0 spiro atoms. The zero-order valence-corrected chi connectivity index (χ0v) is 12.7. The molecule has 2 heterocycles. The van der Waals surface area contributed by atoms with Gasteiger partial charge in [0.25, 0.3) is 0 Å². The minimum atomic E-state index is 0.181. The molecule has 1 fully saturated rings. The first kappa shape index (κ1) is 14.5. The van der Waals surface area contributed by atoms with Gasteiger partial charge in [0.1, 0.15) is 0 Å². The van der Waals surface area contributed by atoms with Gasteiger partial charge >= 0.3 is 0 Å². The highest BCUT2D eigenvalue weighted by Gasteiger charge is 2.28. The van der Waals surface area contributed by atoms with Gasteiger partial charge in [0.2, 0.25) is 0 Å². The Kier molecular flexibility index (Phi) is 4.56. The zero-order valence-electron chi connectivity index (χ0n) is 12.7. The number of likely N-dealkylation sites (tertiary alicyclic amines) is 1. The Morgan fingerprint density at radius 3 is 3.00 bits per heavy atom. The van der Waals surface area contributed by atoms with Crippen molar-refractivity contribution in [3.8, 4) is 0 Å². The summed E-state index contributed by atoms with van der Waals surface area (Å²) in [6.45, 7) is 5.84. The second kappa shape index (κ2) is 6.58. The second-order valence-electron chi connectivity index (χ2n) is 6.01. The molecule has 21 heavy (non-hydrogen) atoms. The van der Waals surface area contributed by atoms with Crippen molar-refractivity contribution in [1.29, 1.82) is 0 Å². The van der Waals surface area contributed by atoms with Gasteiger partial charge in [0.15, 0.2) is 0 Å². The van der Waals surface area contributed by atoms with E-state index in [2.05, 4.69) is 41.2 Å². The van der Waals surface area contributed by atoms with Crippen LogP contribution in [0.15, 0.2) is 29.4 Å². The average molecular weight is 288 g/mol. The molecule has 0 aromatic heterocycles. The first-order valence-corrected chi connectivity index (χ1v) is 7.94. The zero-order chi connectivity index (χ0) is 14.7. The summed E-state index contributed by atoms with van der Waals surface area (Å²) >= 11 is 0. The molecule has 4 heteroatoms. The summed E-state index contributed by atoms with van der Waals surface area (Å²) in [7, 11) is 0. The maximum absolute atomic E-state index is 9.08. The number of benzene rings is 1. The highest BCUT2D eigenvalue weighted by molar-refractivity contribution is 5.87. The Hall–Kier alpha value is -1.39. The average Bonchev–Trinajstić information content (AvgIpc) is 2.55. The summed E-state index contributed by atoms with van der Waals surface area (Å²) < 4.78 is 6.01. The van der Waals surface area contributed by atoms with E-state index in [0.29, 0.717) is 5.92 Å². The normalized spacial score (nSPS) is 28.5. The molecule has 1 saturated heterocycles. The third-order valence-corrected chi connectivity index (χ3v) is 4.77. The molecule has 2 aliphatic heterocycles. The summed E-state index contributed by atoms with van der Waals surface area (Å²) in [6, 6.07) is 8.62. The van der Waals surface area contributed by atoms with Crippen molar-refractivity contribution in [3.05, 3.63) is 35.4 Å². The highest BCUT2D eigenvalue weighted by Crippen LogP contribution is 2.29. The highest BCUT2D eigenvalue weighted by atomic mass is 16.5. The number of oxime groups is 1. The van der Waals surface area contributed by atoms with Crippen LogP contribution in [-0.2, 0) is 11.2 Å². The lowest BCUT2D eigenvalue weighted by Gasteiger charge is -2.36. The van der Waals surface area contributed by atoms with Gasteiger partial charge in [-0.3, -0.25) is 4.90 Å². The summed E-state index contributed by atoms with van der Waals surface area (Å²) in [5.74, 6) is 0.377. The molecule has 114 valence electrons. The van der Waals surface area contributed by atoms with Crippen LogP contribution >= 0.6 is 0 Å². The first-order chi connectivity index (χ1) is 10.3. The van der Waals surface area contributed by atoms with Gasteiger partial charge in [0, 0.05) is 32.0 Å². The Morgan fingerprint density at radius 2 is 2.19 bits per heavy atom. The van der Waals surface area contributed by atoms with Crippen LogP contribution in [0.2, 0.25) is 0 Å². The number of rotatable bonds is 3. The number of hydrogen-bond acceptors (Lipinski definition) is 4. The predicted molar refractivity (Wildman–Crippen MR) is 82.9 cm³/mol. The molecule has 0 radical (unpaired) electrons. The Balaban J connectivity index is 1.68. The van der Waals surface area contributed by atoms with Gasteiger partial charge in [-0.25, -0.2) is 0 Å². The van der Waals surface area contributed by atoms with E-state index in [4.69, 9.17) is 9.94 Å². The number of piperidine rings is 1. The van der Waals surface area contributed by atoms with Gasteiger partial charge in [-0.1, -0.05) is 36.3 Å². The minimum absolute atomic E-state index is 0.181. The van der Waals surface area contributed by atoms with Crippen LogP contribution < -0.4 is 0 Å². The van der Waals surface area contributed by atoms with Crippen molar-refractivity contribution in [1.82, 2.24) is 4.90 Å². The van der Waals surface area contributed by atoms with Crippen molar-refractivity contribution in [2.45, 2.75) is 32.3 Å². The van der Waals surface area contributed by atoms with E-state index >= 15 is 0 Å². The molecule has 2 atom stereocenters. The van der Waals surface area contributed by atoms with E-state index in [0.717, 1.165) is 51.2 Å². The minimum Gasteiger partial charge on any atom is -0.411 e. The molecule has 1 N–H and O–H groups in total. The fourth-order valence-electron chi connectivity index (χ4n) is 3.51. The summed E-state index contributed by atoms with van der Waals surface area (Å²) in [5.41, 5.74) is 3.73. The number of fused-ring (bicyclic) bond motifs is 1. The third kappa shape index (κ3) is 3.11. The molecule has 2 aliphatic rings. The van der Waals surface area contributed by atoms with Gasteiger partial charge < -0.3 is 9.94 Å². The smallest absolute Gasteiger partial charge is 0.0954 e. The van der Waals surface area contributed by atoms with Crippen molar-refractivity contribution < 1.29 is 9.94 Å². The number of hydrogen-bond donors (Lipinski definition) is 1. The molecule has 0 saturated carbocycles. The fourth-order valence-corrected chi connectivity index (χ4v) is 3.51. The SMILES string of the molecule is CCC1CN(CC2OCCc3ccccc32)CC/C1=N\O. The standard InChI is InChI=1S/C17H24N2O2/c1-2-13-11-19(9-7-16(13)18-20)12-17-15-6-4-3-5-14(15)8-10-21-17/h3-6,13,17,20H,2,7-12H2,1H3/b18-16+. The van der Waals surface area contributed by atoms with Crippen LogP contribution in [0.4, 0.5) is 0 Å². The van der Waals surface area contributed by atoms with Gasteiger partial charge in [-0.15, -0.1) is 0 Å². The molecule has 0 amide bonds. The number of nitrogens with zero attached hydrogens (tertiary/aromatic N) is 2. The number of ether oxygens (including phenoxy) is 1. The molecular weight excluding hydrogens is 264 g/mol. The molecule has 1 aromatic rings. The molecule has 0 aliphatic carbocycles. The third-order valence-electron chi connectivity index (χ3n) is 4.77. The quantitative estimate of drug-likeness (QED) is 0.687. The summed E-state index contributed by atoms with van der Waals surface area (Å²) in [4.78, 5) is 2.45. The van der Waals surface area contributed by atoms with E-state index in [1.165, 1.54) is 11.1 Å². The van der Waals surface area contributed by atoms with E-state index in [1.807, 2.05) is 0 Å². The lowest BCUT2D eigenvalue weighted by molar-refractivity contribution is 0.0128. The van der Waals surface area contributed by atoms with Crippen LogP contribution in [0.3, 0.4) is 0 Å². The molecule has 2 unspecified atom stereocenters. The van der Waals surface area contributed by atoms with Crippen molar-refractivity contribution in [3.63, 3.8) is 0 Å². The lowest BCUT2D eigenvalue weighted by Crippen LogP contribution is -2.43. The maximum Gasteiger partial charge on any atom is 0.0954 e. The predicted octanol–water partition coefficient (Wildman–Crippen LogP) is 2.86. The molecule has 4 nitrogen and oxygen atoms in total. The van der Waals surface area contributed by atoms with Crippen LogP contribution in [-0.4, -0.2) is 42.1 Å². The molecule has 1 aromatic carbocycles. The first-order valence-electron chi connectivity index (χ1n) is 7.94. The lowest BCUT2D eigenvalue weighted by atomic mass is 9.92. The van der Waals surface area contributed by atoms with E-state index in [9.17, 15) is 0 Å². The molecule has 0 bridgehead atoms. The van der Waals surface area contributed by atoms with Crippen LogP contribution in [0.1, 0.15) is 37.0 Å². The Morgan fingerprint density at radius 1 is 1.33 bits per heavy atom. The fraction of sp³-hybridized carbons (Fsp3) is 0.588. The molecule has 3 rings (SSSR count). The Bertz CT molecular complexity index is 515. The largest absolute Gasteiger partial charge is 0.411 e. The van der Waals surface area contributed by atoms with Gasteiger partial charge in [0.05, 0.1) is 18.4 Å². The summed E-state index contributed by atoms with van der Waals surface area (Å²) in [5, 5.41) is 12.6. The van der Waals surface area contributed by atoms with E-state index in [-0.39, 0.29) is 6.10 Å². The van der Waals surface area contributed by atoms with Crippen LogP contribution in [0.5, 0.6) is 0 Å². The maximum atomic E-state index is 9.08. The van der Waals surface area contributed by atoms with E-state index < -0.39 is 0 Å². The molecular formula is C17H24N2O2. The van der Waals surface area contributed by atoms with Gasteiger partial charge in [-0.2, -0.15) is 0 Å². The second-order valence-corrected chi connectivity index (χ2v) is 6.01. The summed E-state index contributed by atoms with van der Waals surface area (Å²) in [6.07, 6.45) is 3.09. The van der Waals surface area contributed by atoms with Crippen LogP contribution in [0, 0.1) is 5.92 Å². The Labute approximate surface area is 126 Å². The van der Waals surface area contributed by atoms with Crippen molar-refractivity contribution in [2.75, 3.05) is 26.2 Å². The van der Waals surface area contributed by atoms with Crippen molar-refractivity contribution in [2.24, 2.45) is 11.1 Å². The van der Waals surface area contributed by atoms with Crippen LogP contribution in [0.25, 0.3) is 0 Å². The monoisotopic (exact) mass is 288 g/mol. The van der Waals surface area contributed by atoms with Gasteiger partial charge in [-0.05, 0) is 24.0 Å². The van der Waals surface area contributed by atoms with Crippen molar-refractivity contribution >= 4 is 5.71 Å². The topological polar surface area (TPSA) is 45.1 Å². The van der Waals surface area contributed by atoms with E-state index in [1.54, 1.807) is 0 Å².